The topological polar surface area (TPSA) is 59.5 Å². The highest BCUT2D eigenvalue weighted by atomic mass is 16.6. The SMILES string of the molecule is O=C(c1cccnc1)C1CC2CCCC(C1)N2C(=O)OCC1c2ccccc2-c2ccccc21. The monoisotopic (exact) mass is 452 g/mol. The summed E-state index contributed by atoms with van der Waals surface area (Å²) in [5.74, 6) is 0.148. The van der Waals surface area contributed by atoms with Crippen LogP contribution >= 0.6 is 0 Å². The van der Waals surface area contributed by atoms with Gasteiger partial charge >= 0.3 is 6.09 Å². The van der Waals surface area contributed by atoms with Crippen molar-refractivity contribution in [2.24, 2.45) is 5.92 Å². The normalized spacial score (nSPS) is 23.2. The Morgan fingerprint density at radius 2 is 1.53 bits per heavy atom. The van der Waals surface area contributed by atoms with E-state index in [1.807, 2.05) is 23.1 Å². The van der Waals surface area contributed by atoms with Gasteiger partial charge in [-0.3, -0.25) is 9.78 Å². The third-order valence-corrected chi connectivity index (χ3v) is 7.84. The number of rotatable bonds is 4. The zero-order valence-electron chi connectivity index (χ0n) is 19.1. The summed E-state index contributed by atoms with van der Waals surface area (Å²) >= 11 is 0. The Balaban J connectivity index is 1.17. The largest absolute Gasteiger partial charge is 0.448 e. The van der Waals surface area contributed by atoms with Crippen molar-refractivity contribution >= 4 is 11.9 Å². The van der Waals surface area contributed by atoms with Crippen LogP contribution in [0.2, 0.25) is 0 Å². The van der Waals surface area contributed by atoms with Crippen LogP contribution < -0.4 is 0 Å². The van der Waals surface area contributed by atoms with Gasteiger partial charge in [-0.15, -0.1) is 0 Å². The van der Waals surface area contributed by atoms with E-state index in [2.05, 4.69) is 41.4 Å². The fraction of sp³-hybridized carbons (Fsp3) is 0.345. The van der Waals surface area contributed by atoms with Gasteiger partial charge in [0.25, 0.3) is 0 Å². The smallest absolute Gasteiger partial charge is 0.410 e. The van der Waals surface area contributed by atoms with Crippen LogP contribution in [0, 0.1) is 5.92 Å². The number of carbonyl (C=O) groups excluding carboxylic acids is 2. The van der Waals surface area contributed by atoms with E-state index in [1.165, 1.54) is 22.3 Å². The molecule has 2 atom stereocenters. The summed E-state index contributed by atoms with van der Waals surface area (Å²) in [6, 6.07) is 20.5. The highest BCUT2D eigenvalue weighted by Crippen LogP contribution is 2.45. The lowest BCUT2D eigenvalue weighted by Crippen LogP contribution is -2.55. The van der Waals surface area contributed by atoms with Gasteiger partial charge in [0.1, 0.15) is 6.61 Å². The molecule has 0 radical (unpaired) electrons. The second kappa shape index (κ2) is 8.71. The number of hydrogen-bond donors (Lipinski definition) is 0. The average Bonchev–Trinajstić information content (AvgIpc) is 3.20. The molecule has 3 aromatic rings. The molecule has 2 saturated heterocycles. The van der Waals surface area contributed by atoms with E-state index < -0.39 is 0 Å². The van der Waals surface area contributed by atoms with E-state index in [-0.39, 0.29) is 35.8 Å². The number of piperidine rings is 2. The van der Waals surface area contributed by atoms with Crippen LogP contribution in [0.4, 0.5) is 4.79 Å². The van der Waals surface area contributed by atoms with Crippen molar-refractivity contribution < 1.29 is 14.3 Å². The van der Waals surface area contributed by atoms with Crippen molar-refractivity contribution in [1.82, 2.24) is 9.88 Å². The van der Waals surface area contributed by atoms with Crippen molar-refractivity contribution in [3.05, 3.63) is 89.7 Å². The van der Waals surface area contributed by atoms with Crippen molar-refractivity contribution in [2.45, 2.75) is 50.1 Å². The van der Waals surface area contributed by atoms with Crippen LogP contribution in [-0.2, 0) is 4.74 Å². The molecule has 172 valence electrons. The number of carbonyl (C=O) groups is 2. The van der Waals surface area contributed by atoms with Crippen molar-refractivity contribution in [3.63, 3.8) is 0 Å². The summed E-state index contributed by atoms with van der Waals surface area (Å²) in [6.45, 7) is 0.334. The molecule has 1 aliphatic carbocycles. The Hall–Kier alpha value is -3.47. The molecule has 0 spiro atoms. The molecule has 0 N–H and O–H groups in total. The Bertz CT molecular complexity index is 1170. The quantitative estimate of drug-likeness (QED) is 0.466. The van der Waals surface area contributed by atoms with Crippen molar-refractivity contribution in [3.8, 4) is 11.1 Å². The molecule has 34 heavy (non-hydrogen) atoms. The first kappa shape index (κ1) is 21.1. The van der Waals surface area contributed by atoms with E-state index >= 15 is 0 Å². The van der Waals surface area contributed by atoms with E-state index in [0.29, 0.717) is 25.0 Å². The number of ketones is 1. The number of fused-ring (bicyclic) bond motifs is 5. The number of ether oxygens (including phenoxy) is 1. The standard InChI is InChI=1S/C29H28N2O3/c32-28(19-7-6-14-30-17-19)20-15-21-8-5-9-22(16-20)31(21)29(33)34-18-27-25-12-3-1-10-23(25)24-11-2-4-13-26(24)27/h1-4,6-7,10-14,17,20-22,27H,5,8-9,15-16,18H2. The molecule has 0 saturated carbocycles. The molecule has 5 heteroatoms. The first-order chi connectivity index (χ1) is 16.7. The summed E-state index contributed by atoms with van der Waals surface area (Å²) in [4.78, 5) is 32.5. The van der Waals surface area contributed by atoms with Crippen LogP contribution in [0.25, 0.3) is 11.1 Å². The highest BCUT2D eigenvalue weighted by molar-refractivity contribution is 5.97. The molecule has 2 aliphatic heterocycles. The van der Waals surface area contributed by atoms with Gasteiger partial charge in [-0.2, -0.15) is 0 Å². The molecular formula is C29H28N2O3. The Morgan fingerprint density at radius 1 is 0.882 bits per heavy atom. The number of Topliss-reactive ketones (excluding diaryl/α,β-unsaturated/α-hetero) is 1. The van der Waals surface area contributed by atoms with Gasteiger partial charge < -0.3 is 9.64 Å². The molecule has 2 fully saturated rings. The maximum Gasteiger partial charge on any atom is 0.410 e. The third kappa shape index (κ3) is 3.60. The van der Waals surface area contributed by atoms with Gasteiger partial charge in [-0.25, -0.2) is 4.79 Å². The van der Waals surface area contributed by atoms with Gasteiger partial charge in [-0.1, -0.05) is 48.5 Å². The van der Waals surface area contributed by atoms with Gasteiger partial charge in [0, 0.05) is 41.9 Å². The Kier molecular flexibility index (Phi) is 5.40. The second-order valence-electron chi connectivity index (χ2n) is 9.72. The predicted molar refractivity (Wildman–Crippen MR) is 130 cm³/mol. The number of nitrogens with zero attached hydrogens (tertiary/aromatic N) is 2. The minimum absolute atomic E-state index is 0.0564. The molecule has 2 aromatic carbocycles. The van der Waals surface area contributed by atoms with Gasteiger partial charge in [0.2, 0.25) is 0 Å². The molecule has 2 bridgehead atoms. The van der Waals surface area contributed by atoms with Gasteiger partial charge in [0.05, 0.1) is 0 Å². The summed E-state index contributed by atoms with van der Waals surface area (Å²) in [7, 11) is 0. The van der Waals surface area contributed by atoms with E-state index in [0.717, 1.165) is 19.3 Å². The summed E-state index contributed by atoms with van der Waals surface area (Å²) < 4.78 is 5.99. The van der Waals surface area contributed by atoms with Crippen molar-refractivity contribution in [2.75, 3.05) is 6.61 Å². The first-order valence-corrected chi connectivity index (χ1v) is 12.3. The van der Waals surface area contributed by atoms with E-state index in [1.54, 1.807) is 18.5 Å². The number of benzene rings is 2. The van der Waals surface area contributed by atoms with Crippen LogP contribution in [0.1, 0.15) is 59.5 Å². The van der Waals surface area contributed by atoms with Crippen LogP contribution in [0.3, 0.4) is 0 Å². The molecule has 2 unspecified atom stereocenters. The molecule has 3 heterocycles. The minimum Gasteiger partial charge on any atom is -0.448 e. The highest BCUT2D eigenvalue weighted by Gasteiger charge is 2.44. The minimum atomic E-state index is -0.233. The fourth-order valence-corrected chi connectivity index (χ4v) is 6.31. The molecule has 6 rings (SSSR count). The first-order valence-electron chi connectivity index (χ1n) is 12.3. The lowest BCUT2D eigenvalue weighted by Gasteiger charge is -2.47. The van der Waals surface area contributed by atoms with E-state index in [4.69, 9.17) is 4.74 Å². The summed E-state index contributed by atoms with van der Waals surface area (Å²) in [5, 5.41) is 0. The zero-order chi connectivity index (χ0) is 23.1. The number of amides is 1. The van der Waals surface area contributed by atoms with E-state index in [9.17, 15) is 9.59 Å². The predicted octanol–water partition coefficient (Wildman–Crippen LogP) is 5.85. The molecular weight excluding hydrogens is 424 g/mol. The Morgan fingerprint density at radius 3 is 2.15 bits per heavy atom. The third-order valence-electron chi connectivity index (χ3n) is 7.84. The number of pyridine rings is 1. The number of hydrogen-bond acceptors (Lipinski definition) is 4. The summed E-state index contributed by atoms with van der Waals surface area (Å²) in [6.07, 6.45) is 7.46. The van der Waals surface area contributed by atoms with Crippen molar-refractivity contribution in [1.29, 1.82) is 0 Å². The molecule has 3 aliphatic rings. The van der Waals surface area contributed by atoms with Crippen LogP contribution in [0.15, 0.2) is 73.1 Å². The molecule has 1 amide bonds. The molecule has 5 nitrogen and oxygen atoms in total. The van der Waals surface area contributed by atoms with Crippen LogP contribution in [0.5, 0.6) is 0 Å². The molecule has 1 aromatic heterocycles. The zero-order valence-corrected chi connectivity index (χ0v) is 19.1. The maximum atomic E-state index is 13.3. The number of aromatic nitrogens is 1. The maximum absolute atomic E-state index is 13.3. The van der Waals surface area contributed by atoms with Crippen LogP contribution in [-0.4, -0.2) is 40.5 Å². The summed E-state index contributed by atoms with van der Waals surface area (Å²) in [5.41, 5.74) is 5.56. The average molecular weight is 453 g/mol. The lowest BCUT2D eigenvalue weighted by molar-refractivity contribution is 0.00650. The van der Waals surface area contributed by atoms with Gasteiger partial charge in [0.15, 0.2) is 5.78 Å². The fourth-order valence-electron chi connectivity index (χ4n) is 6.31. The second-order valence-corrected chi connectivity index (χ2v) is 9.72. The van der Waals surface area contributed by atoms with Gasteiger partial charge in [-0.05, 0) is 66.5 Å². The Labute approximate surface area is 199 Å². The lowest BCUT2D eigenvalue weighted by atomic mass is 9.76.